The molecule has 3 heterocycles. The number of aromatic nitrogens is 5. The number of tetrazole rings is 1. The zero-order valence-electron chi connectivity index (χ0n) is 20.1. The smallest absolute Gasteiger partial charge is 0.252 e. The molecule has 2 aliphatic rings. The van der Waals surface area contributed by atoms with Crippen molar-refractivity contribution in [1.82, 2.24) is 30.1 Å². The third kappa shape index (κ3) is 4.72. The molecule has 1 saturated carbocycles. The van der Waals surface area contributed by atoms with Crippen molar-refractivity contribution in [2.45, 2.75) is 83.1 Å². The van der Waals surface area contributed by atoms with Crippen LogP contribution in [0.3, 0.4) is 0 Å². The van der Waals surface area contributed by atoms with Gasteiger partial charge in [-0.1, -0.05) is 19.8 Å². The molecule has 1 saturated heterocycles. The summed E-state index contributed by atoms with van der Waals surface area (Å²) in [6.45, 7) is 4.21. The van der Waals surface area contributed by atoms with Crippen LogP contribution in [-0.2, 0) is 17.8 Å². The fourth-order valence-electron chi connectivity index (χ4n) is 5.53. The molecule has 0 spiro atoms. The van der Waals surface area contributed by atoms with Crippen LogP contribution in [0.4, 0.5) is 0 Å². The summed E-state index contributed by atoms with van der Waals surface area (Å²) in [7, 11) is 1.65. The summed E-state index contributed by atoms with van der Waals surface area (Å²) in [6, 6.07) is 8.15. The molecule has 1 N–H and O–H groups in total. The van der Waals surface area contributed by atoms with E-state index in [0.29, 0.717) is 19.1 Å². The number of hydrogen-bond acceptors (Lipinski definition) is 7. The number of ether oxygens (including phenoxy) is 2. The molecule has 3 aromatic rings. The van der Waals surface area contributed by atoms with Gasteiger partial charge in [-0.15, -0.1) is 5.10 Å². The third-order valence-corrected chi connectivity index (χ3v) is 7.32. The second-order valence-corrected chi connectivity index (χ2v) is 9.47. The minimum Gasteiger partial charge on any atom is -0.497 e. The SMILES string of the molecule is CC[C@@H](c1nnnn1C[C@H]1CCCO1)N(Cc1cc2cc(OC)ccc2[nH]c1=O)C1CCCC1. The van der Waals surface area contributed by atoms with Gasteiger partial charge in [0.1, 0.15) is 5.75 Å². The summed E-state index contributed by atoms with van der Waals surface area (Å²) in [5, 5.41) is 13.8. The van der Waals surface area contributed by atoms with Crippen LogP contribution in [0.1, 0.15) is 69.3 Å². The zero-order valence-corrected chi connectivity index (χ0v) is 20.1. The molecule has 1 aliphatic carbocycles. The number of nitrogens with one attached hydrogen (secondary N) is 1. The van der Waals surface area contributed by atoms with Gasteiger partial charge in [-0.2, -0.15) is 0 Å². The summed E-state index contributed by atoms with van der Waals surface area (Å²) in [5.74, 6) is 1.64. The van der Waals surface area contributed by atoms with Gasteiger partial charge in [0.25, 0.3) is 5.56 Å². The molecule has 9 heteroatoms. The molecule has 182 valence electrons. The molecule has 2 atom stereocenters. The molecule has 1 aliphatic heterocycles. The van der Waals surface area contributed by atoms with Gasteiger partial charge in [-0.3, -0.25) is 9.69 Å². The number of aromatic amines is 1. The van der Waals surface area contributed by atoms with Crippen molar-refractivity contribution >= 4 is 10.9 Å². The number of methoxy groups -OCH3 is 1. The third-order valence-electron chi connectivity index (χ3n) is 7.32. The normalized spacial score (nSPS) is 19.9. The van der Waals surface area contributed by atoms with Crippen LogP contribution in [0, 0.1) is 0 Å². The maximum Gasteiger partial charge on any atom is 0.252 e. The van der Waals surface area contributed by atoms with E-state index in [1.54, 1.807) is 7.11 Å². The lowest BCUT2D eigenvalue weighted by Crippen LogP contribution is -2.39. The number of benzene rings is 1. The highest BCUT2D eigenvalue weighted by atomic mass is 16.5. The summed E-state index contributed by atoms with van der Waals surface area (Å²) in [6.07, 6.45) is 7.83. The Morgan fingerprint density at radius 1 is 1.24 bits per heavy atom. The van der Waals surface area contributed by atoms with E-state index in [1.807, 2.05) is 28.9 Å². The van der Waals surface area contributed by atoms with E-state index in [4.69, 9.17) is 9.47 Å². The fraction of sp³-hybridized carbons (Fsp3) is 0.600. The van der Waals surface area contributed by atoms with Gasteiger partial charge in [-0.25, -0.2) is 4.68 Å². The van der Waals surface area contributed by atoms with Crippen LogP contribution in [0.2, 0.25) is 0 Å². The molecule has 2 aromatic heterocycles. The number of rotatable bonds is 9. The molecule has 5 rings (SSSR count). The highest BCUT2D eigenvalue weighted by Crippen LogP contribution is 2.34. The van der Waals surface area contributed by atoms with Crippen LogP contribution in [0.5, 0.6) is 5.75 Å². The number of hydrogen-bond donors (Lipinski definition) is 1. The van der Waals surface area contributed by atoms with Crippen molar-refractivity contribution in [2.75, 3.05) is 13.7 Å². The monoisotopic (exact) mass is 466 g/mol. The number of fused-ring (bicyclic) bond motifs is 1. The maximum absolute atomic E-state index is 13.1. The Kier molecular flexibility index (Phi) is 6.92. The van der Waals surface area contributed by atoms with Gasteiger partial charge >= 0.3 is 0 Å². The van der Waals surface area contributed by atoms with Crippen LogP contribution in [0.25, 0.3) is 10.9 Å². The minimum absolute atomic E-state index is 0.0277. The molecule has 0 unspecified atom stereocenters. The van der Waals surface area contributed by atoms with Crippen LogP contribution in [0.15, 0.2) is 29.1 Å². The molecule has 34 heavy (non-hydrogen) atoms. The summed E-state index contributed by atoms with van der Waals surface area (Å²) < 4.78 is 13.1. The van der Waals surface area contributed by atoms with Crippen molar-refractivity contribution < 1.29 is 9.47 Å². The van der Waals surface area contributed by atoms with Crippen molar-refractivity contribution in [3.8, 4) is 5.75 Å². The van der Waals surface area contributed by atoms with E-state index in [0.717, 1.165) is 66.8 Å². The Morgan fingerprint density at radius 2 is 2.09 bits per heavy atom. The first-order valence-electron chi connectivity index (χ1n) is 12.5. The van der Waals surface area contributed by atoms with E-state index in [1.165, 1.54) is 12.8 Å². The van der Waals surface area contributed by atoms with Crippen molar-refractivity contribution in [3.05, 3.63) is 46.0 Å². The lowest BCUT2D eigenvalue weighted by molar-refractivity contribution is 0.0839. The summed E-state index contributed by atoms with van der Waals surface area (Å²) in [5.41, 5.74) is 1.52. The molecule has 0 bridgehead atoms. The Bertz CT molecular complexity index is 1160. The van der Waals surface area contributed by atoms with Crippen LogP contribution >= 0.6 is 0 Å². The number of pyridine rings is 1. The van der Waals surface area contributed by atoms with E-state index < -0.39 is 0 Å². The van der Waals surface area contributed by atoms with Crippen molar-refractivity contribution in [2.24, 2.45) is 0 Å². The van der Waals surface area contributed by atoms with E-state index in [9.17, 15) is 4.79 Å². The Balaban J connectivity index is 1.48. The average molecular weight is 467 g/mol. The first-order chi connectivity index (χ1) is 16.7. The molecule has 1 aromatic carbocycles. The van der Waals surface area contributed by atoms with Gasteiger partial charge in [-0.05, 0) is 66.8 Å². The van der Waals surface area contributed by atoms with E-state index >= 15 is 0 Å². The highest BCUT2D eigenvalue weighted by molar-refractivity contribution is 5.80. The largest absolute Gasteiger partial charge is 0.497 e. The topological polar surface area (TPSA) is 98.2 Å². The predicted molar refractivity (Wildman–Crippen MR) is 129 cm³/mol. The highest BCUT2D eigenvalue weighted by Gasteiger charge is 2.33. The van der Waals surface area contributed by atoms with Gasteiger partial charge in [0.05, 0.1) is 25.8 Å². The molecule has 2 fully saturated rings. The predicted octanol–water partition coefficient (Wildman–Crippen LogP) is 3.60. The zero-order chi connectivity index (χ0) is 23.5. The lowest BCUT2D eigenvalue weighted by atomic mass is 10.0. The lowest BCUT2D eigenvalue weighted by Gasteiger charge is -2.35. The van der Waals surface area contributed by atoms with Crippen LogP contribution < -0.4 is 10.3 Å². The molecule has 0 amide bonds. The molecular weight excluding hydrogens is 432 g/mol. The second-order valence-electron chi connectivity index (χ2n) is 9.47. The van der Waals surface area contributed by atoms with Gasteiger partial charge in [0.2, 0.25) is 0 Å². The Labute approximate surface area is 199 Å². The first-order valence-corrected chi connectivity index (χ1v) is 12.5. The summed E-state index contributed by atoms with van der Waals surface area (Å²) in [4.78, 5) is 18.6. The van der Waals surface area contributed by atoms with Gasteiger partial charge < -0.3 is 14.5 Å². The number of nitrogens with zero attached hydrogens (tertiary/aromatic N) is 5. The molecule has 0 radical (unpaired) electrons. The maximum atomic E-state index is 13.1. The quantitative estimate of drug-likeness (QED) is 0.514. The Morgan fingerprint density at radius 3 is 2.82 bits per heavy atom. The van der Waals surface area contributed by atoms with E-state index in [2.05, 4.69) is 32.3 Å². The minimum atomic E-state index is -0.0468. The van der Waals surface area contributed by atoms with Gasteiger partial charge in [0.15, 0.2) is 5.82 Å². The first kappa shape index (κ1) is 23.0. The molecular formula is C25H34N6O3. The molecule has 9 nitrogen and oxygen atoms in total. The summed E-state index contributed by atoms with van der Waals surface area (Å²) >= 11 is 0. The van der Waals surface area contributed by atoms with Gasteiger partial charge in [0, 0.05) is 35.7 Å². The number of H-pyrrole nitrogens is 1. The second kappa shape index (κ2) is 10.2. The van der Waals surface area contributed by atoms with E-state index in [-0.39, 0.29) is 17.7 Å². The fourth-order valence-corrected chi connectivity index (χ4v) is 5.53. The van der Waals surface area contributed by atoms with Crippen LogP contribution in [-0.4, -0.2) is 56.0 Å². The van der Waals surface area contributed by atoms with Crippen molar-refractivity contribution in [1.29, 1.82) is 0 Å². The standard InChI is InChI=1S/C25H34N6O3/c1-3-23(24-27-28-29-31(24)16-21-9-6-12-34-21)30(19-7-4-5-8-19)15-18-13-17-14-20(33-2)10-11-22(17)26-25(18)32/h10-11,13-14,19,21,23H,3-9,12,15-16H2,1-2H3,(H,26,32)/t21-,23+/m1/s1. The Hall–Kier alpha value is -2.78. The van der Waals surface area contributed by atoms with Crippen molar-refractivity contribution in [3.63, 3.8) is 0 Å². The average Bonchev–Trinajstić information content (AvgIpc) is 3.63.